The summed E-state index contributed by atoms with van der Waals surface area (Å²) < 4.78 is 5.98. The summed E-state index contributed by atoms with van der Waals surface area (Å²) in [5.74, 6) is 1.03. The van der Waals surface area contributed by atoms with Crippen molar-refractivity contribution in [2.75, 3.05) is 43.9 Å². The molecule has 0 atom stereocenters. The average molecular weight is 318 g/mol. The molecule has 1 aromatic carbocycles. The van der Waals surface area contributed by atoms with Crippen LogP contribution in [0.15, 0.2) is 22.6 Å². The highest BCUT2D eigenvalue weighted by Crippen LogP contribution is 2.34. The number of nitrogens with two attached hydrogens (primary N) is 1. The van der Waals surface area contributed by atoms with Crippen molar-refractivity contribution in [1.82, 2.24) is 14.9 Å². The van der Waals surface area contributed by atoms with Crippen LogP contribution in [0.5, 0.6) is 0 Å². The van der Waals surface area contributed by atoms with Crippen LogP contribution in [0.2, 0.25) is 5.02 Å². The second-order valence-electron chi connectivity index (χ2n) is 5.62. The van der Waals surface area contributed by atoms with E-state index in [1.54, 1.807) is 6.07 Å². The van der Waals surface area contributed by atoms with Gasteiger partial charge >= 0.3 is 0 Å². The molecule has 0 spiro atoms. The van der Waals surface area contributed by atoms with Crippen molar-refractivity contribution < 1.29 is 4.42 Å². The number of likely N-dealkylation sites (N-methyl/N-ethyl adjacent to an activating group) is 1. The van der Waals surface area contributed by atoms with Crippen LogP contribution in [-0.4, -0.2) is 48.1 Å². The lowest BCUT2D eigenvalue weighted by Crippen LogP contribution is -2.44. The van der Waals surface area contributed by atoms with Gasteiger partial charge in [0.05, 0.1) is 0 Å². The number of anilines is 2. The molecule has 6 nitrogen and oxygen atoms in total. The Kier molecular flexibility index (Phi) is 3.09. The van der Waals surface area contributed by atoms with Crippen LogP contribution in [0.25, 0.3) is 22.1 Å². The summed E-state index contributed by atoms with van der Waals surface area (Å²) >= 11 is 6.05. The number of hydrogen-bond donors (Lipinski definition) is 1. The monoisotopic (exact) mass is 317 g/mol. The van der Waals surface area contributed by atoms with Crippen molar-refractivity contribution in [1.29, 1.82) is 0 Å². The molecule has 0 amide bonds. The van der Waals surface area contributed by atoms with Crippen LogP contribution in [-0.2, 0) is 0 Å². The van der Waals surface area contributed by atoms with Crippen LogP contribution >= 0.6 is 11.6 Å². The third-order valence-corrected chi connectivity index (χ3v) is 4.31. The predicted molar refractivity (Wildman–Crippen MR) is 88.4 cm³/mol. The van der Waals surface area contributed by atoms with E-state index >= 15 is 0 Å². The summed E-state index contributed by atoms with van der Waals surface area (Å²) in [5.41, 5.74) is 8.04. The van der Waals surface area contributed by atoms with Gasteiger partial charge in [0.25, 0.3) is 0 Å². The molecule has 2 N–H and O–H groups in total. The SMILES string of the molecule is CN1CCN(c2nc(N)nc3c2oc2cc(Cl)ccc23)CC1. The van der Waals surface area contributed by atoms with Gasteiger partial charge in [0.15, 0.2) is 11.4 Å². The largest absolute Gasteiger partial charge is 0.450 e. The Labute approximate surface area is 132 Å². The topological polar surface area (TPSA) is 71.4 Å². The Balaban J connectivity index is 1.92. The number of halogens is 1. The van der Waals surface area contributed by atoms with Crippen LogP contribution in [0.4, 0.5) is 11.8 Å². The molecular weight excluding hydrogens is 302 g/mol. The van der Waals surface area contributed by atoms with Crippen LogP contribution in [0.3, 0.4) is 0 Å². The fourth-order valence-corrected chi connectivity index (χ4v) is 3.01. The van der Waals surface area contributed by atoms with Gasteiger partial charge < -0.3 is 20.0 Å². The molecule has 114 valence electrons. The van der Waals surface area contributed by atoms with Crippen molar-refractivity contribution >= 4 is 45.4 Å². The maximum Gasteiger partial charge on any atom is 0.222 e. The van der Waals surface area contributed by atoms with Gasteiger partial charge in [-0.05, 0) is 19.2 Å². The van der Waals surface area contributed by atoms with Gasteiger partial charge in [0.1, 0.15) is 11.1 Å². The zero-order chi connectivity index (χ0) is 15.3. The van der Waals surface area contributed by atoms with E-state index < -0.39 is 0 Å². The second kappa shape index (κ2) is 5.00. The summed E-state index contributed by atoms with van der Waals surface area (Å²) in [4.78, 5) is 13.3. The smallest absolute Gasteiger partial charge is 0.222 e. The molecule has 0 radical (unpaired) electrons. The number of piperazine rings is 1. The third-order valence-electron chi connectivity index (χ3n) is 4.08. The number of hydrogen-bond acceptors (Lipinski definition) is 6. The molecule has 1 saturated heterocycles. The highest BCUT2D eigenvalue weighted by molar-refractivity contribution is 6.31. The lowest BCUT2D eigenvalue weighted by Gasteiger charge is -2.33. The van der Waals surface area contributed by atoms with E-state index in [1.165, 1.54) is 0 Å². The second-order valence-corrected chi connectivity index (χ2v) is 6.05. The van der Waals surface area contributed by atoms with Crippen molar-refractivity contribution in [3.05, 3.63) is 23.2 Å². The molecule has 7 heteroatoms. The lowest BCUT2D eigenvalue weighted by molar-refractivity contribution is 0.312. The maximum atomic E-state index is 6.05. The summed E-state index contributed by atoms with van der Waals surface area (Å²) in [7, 11) is 2.12. The zero-order valence-electron chi connectivity index (χ0n) is 12.2. The Morgan fingerprint density at radius 2 is 1.95 bits per heavy atom. The molecule has 2 aromatic heterocycles. The summed E-state index contributed by atoms with van der Waals surface area (Å²) in [6.45, 7) is 3.74. The molecule has 1 fully saturated rings. The van der Waals surface area contributed by atoms with Crippen molar-refractivity contribution in [3.8, 4) is 0 Å². The predicted octanol–water partition coefficient (Wildman–Crippen LogP) is 2.36. The number of rotatable bonds is 1. The number of fused-ring (bicyclic) bond motifs is 3. The lowest BCUT2D eigenvalue weighted by atomic mass is 10.2. The summed E-state index contributed by atoms with van der Waals surface area (Å²) in [6, 6.07) is 5.53. The first-order valence-corrected chi connectivity index (χ1v) is 7.58. The molecule has 22 heavy (non-hydrogen) atoms. The standard InChI is InChI=1S/C15H16ClN5O/c1-20-4-6-21(7-5-20)14-13-12(18-15(17)19-14)10-3-2-9(16)8-11(10)22-13/h2-3,8H,4-7H2,1H3,(H2,17,18,19). The van der Waals surface area contributed by atoms with Gasteiger partial charge in [-0.15, -0.1) is 0 Å². The minimum atomic E-state index is 0.263. The number of benzene rings is 1. The average Bonchev–Trinajstić information content (AvgIpc) is 2.84. The van der Waals surface area contributed by atoms with E-state index in [2.05, 4.69) is 26.8 Å². The normalized spacial score (nSPS) is 16.7. The Morgan fingerprint density at radius 1 is 1.18 bits per heavy atom. The van der Waals surface area contributed by atoms with Crippen LogP contribution < -0.4 is 10.6 Å². The van der Waals surface area contributed by atoms with Gasteiger partial charge in [-0.2, -0.15) is 4.98 Å². The van der Waals surface area contributed by atoms with Crippen molar-refractivity contribution in [2.45, 2.75) is 0 Å². The molecule has 3 heterocycles. The van der Waals surface area contributed by atoms with E-state index in [1.807, 2.05) is 12.1 Å². The summed E-state index contributed by atoms with van der Waals surface area (Å²) in [6.07, 6.45) is 0. The molecule has 1 aliphatic rings. The first-order valence-electron chi connectivity index (χ1n) is 7.20. The fraction of sp³-hybridized carbons (Fsp3) is 0.333. The van der Waals surface area contributed by atoms with E-state index in [4.69, 9.17) is 21.8 Å². The Bertz CT molecular complexity index is 854. The quantitative estimate of drug-likeness (QED) is 0.743. The zero-order valence-corrected chi connectivity index (χ0v) is 13.0. The van der Waals surface area contributed by atoms with Gasteiger partial charge in [-0.3, -0.25) is 0 Å². The van der Waals surface area contributed by atoms with Crippen molar-refractivity contribution in [3.63, 3.8) is 0 Å². The number of nitrogens with zero attached hydrogens (tertiary/aromatic N) is 4. The minimum Gasteiger partial charge on any atom is -0.450 e. The van der Waals surface area contributed by atoms with Gasteiger partial charge in [-0.1, -0.05) is 11.6 Å². The number of nitrogen functional groups attached to an aromatic ring is 1. The first-order chi connectivity index (χ1) is 10.6. The molecule has 3 aromatic rings. The maximum absolute atomic E-state index is 6.05. The Morgan fingerprint density at radius 3 is 2.73 bits per heavy atom. The van der Waals surface area contributed by atoms with E-state index in [-0.39, 0.29) is 5.95 Å². The first kappa shape index (κ1) is 13.6. The van der Waals surface area contributed by atoms with Gasteiger partial charge in [0.2, 0.25) is 5.95 Å². The highest BCUT2D eigenvalue weighted by Gasteiger charge is 2.22. The molecule has 0 saturated carbocycles. The van der Waals surface area contributed by atoms with E-state index in [9.17, 15) is 0 Å². The highest BCUT2D eigenvalue weighted by atomic mass is 35.5. The minimum absolute atomic E-state index is 0.263. The third kappa shape index (κ3) is 2.15. The van der Waals surface area contributed by atoms with Crippen LogP contribution in [0, 0.1) is 0 Å². The molecule has 4 rings (SSSR count). The number of furan rings is 1. The van der Waals surface area contributed by atoms with Gasteiger partial charge in [-0.25, -0.2) is 4.98 Å². The molecule has 0 aliphatic carbocycles. The molecule has 0 bridgehead atoms. The van der Waals surface area contributed by atoms with Crippen LogP contribution in [0.1, 0.15) is 0 Å². The molecule has 0 unspecified atom stereocenters. The van der Waals surface area contributed by atoms with Gasteiger partial charge in [0, 0.05) is 42.7 Å². The number of aromatic nitrogens is 2. The van der Waals surface area contributed by atoms with Crippen molar-refractivity contribution in [2.24, 2.45) is 0 Å². The summed E-state index contributed by atoms with van der Waals surface area (Å²) in [5, 5.41) is 1.54. The van der Waals surface area contributed by atoms with E-state index in [0.717, 1.165) is 42.9 Å². The molecule has 1 aliphatic heterocycles. The molecular formula is C15H16ClN5O. The van der Waals surface area contributed by atoms with E-state index in [0.29, 0.717) is 16.2 Å². The Hall–Kier alpha value is -2.05. The fourth-order valence-electron chi connectivity index (χ4n) is 2.85.